The average molecular weight is 214 g/mol. The van der Waals surface area contributed by atoms with Gasteiger partial charge in [0.1, 0.15) is 0 Å². The topological polar surface area (TPSA) is 46.3 Å². The van der Waals surface area contributed by atoms with Crippen LogP contribution in [0.15, 0.2) is 0 Å². The number of rotatable bonds is 7. The van der Waals surface area contributed by atoms with Crippen molar-refractivity contribution in [3.05, 3.63) is 0 Å². The van der Waals surface area contributed by atoms with Crippen LogP contribution < -0.4 is 5.73 Å². The molecule has 0 aliphatic heterocycles. The van der Waals surface area contributed by atoms with E-state index in [0.29, 0.717) is 0 Å². The molecule has 0 unspecified atom stereocenters. The van der Waals surface area contributed by atoms with Gasteiger partial charge in [-0.15, -0.1) is 0 Å². The van der Waals surface area contributed by atoms with E-state index < -0.39 is 0 Å². The van der Waals surface area contributed by atoms with Gasteiger partial charge in [0, 0.05) is 13.1 Å². The molecular weight excluding hydrogens is 188 g/mol. The SMILES string of the molecule is CCCCN(CC)C(=O)[C@@H](N)[C@@H](C)CC. The maximum Gasteiger partial charge on any atom is 0.239 e. The highest BCUT2D eigenvalue weighted by atomic mass is 16.2. The molecular formula is C12H26N2O. The first-order valence-corrected chi connectivity index (χ1v) is 6.12. The summed E-state index contributed by atoms with van der Waals surface area (Å²) in [5, 5.41) is 0. The van der Waals surface area contributed by atoms with Gasteiger partial charge in [-0.05, 0) is 19.3 Å². The molecule has 0 fully saturated rings. The van der Waals surface area contributed by atoms with E-state index in [0.717, 1.165) is 32.4 Å². The molecule has 0 aliphatic carbocycles. The number of carbonyl (C=O) groups excluding carboxylic acids is 1. The summed E-state index contributed by atoms with van der Waals surface area (Å²) in [5.41, 5.74) is 5.93. The van der Waals surface area contributed by atoms with Gasteiger partial charge >= 0.3 is 0 Å². The van der Waals surface area contributed by atoms with E-state index in [1.54, 1.807) is 0 Å². The van der Waals surface area contributed by atoms with Crippen molar-refractivity contribution >= 4 is 5.91 Å². The lowest BCUT2D eigenvalue weighted by molar-refractivity contribution is -0.133. The van der Waals surface area contributed by atoms with Crippen LogP contribution in [0.4, 0.5) is 0 Å². The van der Waals surface area contributed by atoms with Crippen LogP contribution in [0.25, 0.3) is 0 Å². The van der Waals surface area contributed by atoms with Crippen LogP contribution in [0.2, 0.25) is 0 Å². The van der Waals surface area contributed by atoms with Crippen molar-refractivity contribution in [3.63, 3.8) is 0 Å². The maximum absolute atomic E-state index is 12.0. The molecule has 15 heavy (non-hydrogen) atoms. The van der Waals surface area contributed by atoms with Gasteiger partial charge in [-0.2, -0.15) is 0 Å². The summed E-state index contributed by atoms with van der Waals surface area (Å²) in [6, 6.07) is -0.327. The molecule has 1 amide bonds. The molecule has 0 aromatic carbocycles. The second-order valence-electron chi connectivity index (χ2n) is 4.18. The molecule has 0 aliphatic rings. The smallest absolute Gasteiger partial charge is 0.239 e. The third-order valence-corrected chi connectivity index (χ3v) is 3.02. The molecule has 0 heterocycles. The molecule has 0 rings (SSSR count). The molecule has 0 spiro atoms. The van der Waals surface area contributed by atoms with Gasteiger partial charge in [-0.1, -0.05) is 33.6 Å². The van der Waals surface area contributed by atoms with E-state index in [2.05, 4.69) is 13.8 Å². The zero-order chi connectivity index (χ0) is 11.8. The van der Waals surface area contributed by atoms with Gasteiger partial charge in [0.2, 0.25) is 5.91 Å². The molecule has 0 saturated carbocycles. The molecule has 2 atom stereocenters. The van der Waals surface area contributed by atoms with Gasteiger partial charge in [-0.25, -0.2) is 0 Å². The second kappa shape index (κ2) is 7.69. The molecule has 0 aromatic heterocycles. The summed E-state index contributed by atoms with van der Waals surface area (Å²) in [4.78, 5) is 13.9. The predicted molar refractivity (Wildman–Crippen MR) is 64.6 cm³/mol. The lowest BCUT2D eigenvalue weighted by Gasteiger charge is -2.26. The van der Waals surface area contributed by atoms with Crippen LogP contribution in [0.3, 0.4) is 0 Å². The number of amides is 1. The van der Waals surface area contributed by atoms with Crippen molar-refractivity contribution in [2.24, 2.45) is 11.7 Å². The van der Waals surface area contributed by atoms with Crippen LogP contribution in [-0.4, -0.2) is 29.9 Å². The second-order valence-corrected chi connectivity index (χ2v) is 4.18. The Morgan fingerprint density at radius 2 is 1.93 bits per heavy atom. The molecule has 0 saturated heterocycles. The van der Waals surface area contributed by atoms with Gasteiger partial charge in [0.15, 0.2) is 0 Å². The minimum absolute atomic E-state index is 0.111. The summed E-state index contributed by atoms with van der Waals surface area (Å²) in [7, 11) is 0. The Hall–Kier alpha value is -0.570. The van der Waals surface area contributed by atoms with Crippen molar-refractivity contribution < 1.29 is 4.79 Å². The van der Waals surface area contributed by atoms with E-state index in [9.17, 15) is 4.79 Å². The number of hydrogen-bond acceptors (Lipinski definition) is 2. The monoisotopic (exact) mass is 214 g/mol. The van der Waals surface area contributed by atoms with Crippen molar-refractivity contribution in [3.8, 4) is 0 Å². The fourth-order valence-corrected chi connectivity index (χ4v) is 1.48. The van der Waals surface area contributed by atoms with Crippen LogP contribution in [0.1, 0.15) is 47.0 Å². The zero-order valence-electron chi connectivity index (χ0n) is 10.6. The Labute approximate surface area is 94.0 Å². The summed E-state index contributed by atoms with van der Waals surface area (Å²) in [5.74, 6) is 0.383. The Kier molecular flexibility index (Phi) is 7.39. The highest BCUT2D eigenvalue weighted by molar-refractivity contribution is 5.81. The standard InChI is InChI=1S/C12H26N2O/c1-5-8-9-14(7-3)12(15)11(13)10(4)6-2/h10-11H,5-9,13H2,1-4H3/t10-,11-/m0/s1. The van der Waals surface area contributed by atoms with E-state index in [1.165, 1.54) is 0 Å². The first-order valence-electron chi connectivity index (χ1n) is 6.12. The van der Waals surface area contributed by atoms with Crippen molar-refractivity contribution in [1.29, 1.82) is 0 Å². The first kappa shape index (κ1) is 14.4. The minimum Gasteiger partial charge on any atom is -0.342 e. The van der Waals surface area contributed by atoms with Gasteiger partial charge < -0.3 is 10.6 Å². The van der Waals surface area contributed by atoms with Crippen molar-refractivity contribution in [2.75, 3.05) is 13.1 Å². The van der Waals surface area contributed by atoms with Crippen LogP contribution in [0, 0.1) is 5.92 Å². The molecule has 3 heteroatoms. The largest absolute Gasteiger partial charge is 0.342 e. The fraction of sp³-hybridized carbons (Fsp3) is 0.917. The van der Waals surface area contributed by atoms with E-state index in [1.807, 2.05) is 18.7 Å². The zero-order valence-corrected chi connectivity index (χ0v) is 10.6. The van der Waals surface area contributed by atoms with Gasteiger partial charge in [0.05, 0.1) is 6.04 Å². The van der Waals surface area contributed by atoms with Crippen molar-refractivity contribution in [1.82, 2.24) is 4.90 Å². The third-order valence-electron chi connectivity index (χ3n) is 3.02. The van der Waals surface area contributed by atoms with Gasteiger partial charge in [0.25, 0.3) is 0 Å². The van der Waals surface area contributed by atoms with Crippen LogP contribution in [0.5, 0.6) is 0 Å². The summed E-state index contributed by atoms with van der Waals surface area (Å²) in [6.45, 7) is 9.86. The summed E-state index contributed by atoms with van der Waals surface area (Å²) < 4.78 is 0. The molecule has 0 bridgehead atoms. The first-order chi connectivity index (χ1) is 7.08. The molecule has 3 nitrogen and oxygen atoms in total. The number of nitrogens with zero attached hydrogens (tertiary/aromatic N) is 1. The summed E-state index contributed by atoms with van der Waals surface area (Å²) >= 11 is 0. The lowest BCUT2D eigenvalue weighted by Crippen LogP contribution is -2.47. The van der Waals surface area contributed by atoms with Crippen molar-refractivity contribution in [2.45, 2.75) is 53.0 Å². The highest BCUT2D eigenvalue weighted by Crippen LogP contribution is 2.09. The summed E-state index contributed by atoms with van der Waals surface area (Å²) in [6.07, 6.45) is 3.13. The minimum atomic E-state index is -0.327. The van der Waals surface area contributed by atoms with Crippen LogP contribution in [-0.2, 0) is 4.79 Å². The number of nitrogens with two attached hydrogens (primary N) is 1. The Bertz CT molecular complexity index is 182. The quantitative estimate of drug-likeness (QED) is 0.704. The predicted octanol–water partition coefficient (Wildman–Crippen LogP) is 2.01. The number of carbonyl (C=O) groups is 1. The van der Waals surface area contributed by atoms with Gasteiger partial charge in [-0.3, -0.25) is 4.79 Å². The van der Waals surface area contributed by atoms with E-state index in [4.69, 9.17) is 5.73 Å². The molecule has 0 radical (unpaired) electrons. The Morgan fingerprint density at radius 3 is 2.33 bits per heavy atom. The number of unbranched alkanes of at least 4 members (excludes halogenated alkanes) is 1. The number of likely N-dealkylation sites (N-methyl/N-ethyl adjacent to an activating group) is 1. The van der Waals surface area contributed by atoms with Crippen LogP contribution >= 0.6 is 0 Å². The molecule has 90 valence electrons. The normalized spacial score (nSPS) is 14.7. The average Bonchev–Trinajstić information content (AvgIpc) is 2.27. The van der Waals surface area contributed by atoms with E-state index in [-0.39, 0.29) is 17.9 Å². The lowest BCUT2D eigenvalue weighted by atomic mass is 9.99. The number of hydrogen-bond donors (Lipinski definition) is 1. The maximum atomic E-state index is 12.0. The molecule has 2 N–H and O–H groups in total. The van der Waals surface area contributed by atoms with E-state index >= 15 is 0 Å². The molecule has 0 aromatic rings. The fourth-order valence-electron chi connectivity index (χ4n) is 1.48. The Morgan fingerprint density at radius 1 is 1.33 bits per heavy atom. The Balaban J connectivity index is 4.24. The highest BCUT2D eigenvalue weighted by Gasteiger charge is 2.23. The third kappa shape index (κ3) is 4.65.